The summed E-state index contributed by atoms with van der Waals surface area (Å²) in [6.45, 7) is 5.51. The van der Waals surface area contributed by atoms with Gasteiger partial charge in [0.05, 0.1) is 11.1 Å². The molecule has 2 heterocycles. The maximum absolute atomic E-state index is 10.7. The number of aryl methyl sites for hydroxylation is 2. The van der Waals surface area contributed by atoms with Crippen LogP contribution in [-0.4, -0.2) is 32.1 Å². The minimum Gasteiger partial charge on any atom is -0.478 e. The molecule has 0 aliphatic rings. The third-order valence-corrected chi connectivity index (χ3v) is 3.00. The second-order valence-electron chi connectivity index (χ2n) is 4.57. The van der Waals surface area contributed by atoms with Gasteiger partial charge in [0, 0.05) is 23.8 Å². The zero-order valence-corrected chi connectivity index (χ0v) is 12.7. The van der Waals surface area contributed by atoms with E-state index in [4.69, 9.17) is 10.2 Å². The molecule has 0 unspecified atom stereocenters. The normalized spacial score (nSPS) is 9.59. The van der Waals surface area contributed by atoms with E-state index >= 15 is 0 Å². The van der Waals surface area contributed by atoms with Gasteiger partial charge in [-0.1, -0.05) is 6.92 Å². The van der Waals surface area contributed by atoms with E-state index in [0.717, 1.165) is 17.0 Å². The number of pyridine rings is 2. The molecule has 0 spiro atoms. The number of aromatic carboxylic acids is 2. The fraction of sp³-hybridized carbons (Fsp3) is 0.250. The van der Waals surface area contributed by atoms with Gasteiger partial charge in [0.1, 0.15) is 0 Å². The number of aromatic nitrogens is 2. The van der Waals surface area contributed by atoms with E-state index < -0.39 is 11.9 Å². The van der Waals surface area contributed by atoms with Crippen LogP contribution in [0.2, 0.25) is 0 Å². The zero-order valence-electron chi connectivity index (χ0n) is 12.7. The Kier molecular flexibility index (Phi) is 6.19. The summed E-state index contributed by atoms with van der Waals surface area (Å²) in [4.78, 5) is 28.9. The summed E-state index contributed by atoms with van der Waals surface area (Å²) in [5, 5.41) is 17.3. The van der Waals surface area contributed by atoms with Crippen molar-refractivity contribution >= 4 is 11.9 Å². The lowest BCUT2D eigenvalue weighted by Gasteiger charge is -2.04. The van der Waals surface area contributed by atoms with Crippen molar-refractivity contribution in [3.8, 4) is 0 Å². The number of hydrogen-bond donors (Lipinski definition) is 2. The molecule has 2 aromatic rings. The minimum atomic E-state index is -0.912. The monoisotopic (exact) mass is 302 g/mol. The molecule has 0 aromatic carbocycles. The van der Waals surface area contributed by atoms with Crippen LogP contribution in [0.4, 0.5) is 0 Å². The molecule has 2 aromatic heterocycles. The van der Waals surface area contributed by atoms with E-state index in [1.54, 1.807) is 6.92 Å². The Morgan fingerprint density at radius 3 is 2.09 bits per heavy atom. The van der Waals surface area contributed by atoms with Crippen LogP contribution in [0.3, 0.4) is 0 Å². The molecule has 6 heteroatoms. The lowest BCUT2D eigenvalue weighted by molar-refractivity contribution is 0.0685. The van der Waals surface area contributed by atoms with Gasteiger partial charge in [0.2, 0.25) is 0 Å². The van der Waals surface area contributed by atoms with E-state index in [9.17, 15) is 9.59 Å². The number of carbonyl (C=O) groups is 2. The topological polar surface area (TPSA) is 100 Å². The van der Waals surface area contributed by atoms with Crippen LogP contribution in [0.15, 0.2) is 30.6 Å². The highest BCUT2D eigenvalue weighted by molar-refractivity contribution is 5.89. The van der Waals surface area contributed by atoms with E-state index in [1.165, 1.54) is 30.6 Å². The molecular weight excluding hydrogens is 284 g/mol. The Morgan fingerprint density at radius 1 is 1.05 bits per heavy atom. The predicted molar refractivity (Wildman–Crippen MR) is 81.2 cm³/mol. The first kappa shape index (κ1) is 17.3. The molecule has 0 saturated heterocycles. The van der Waals surface area contributed by atoms with Crippen molar-refractivity contribution in [2.45, 2.75) is 27.2 Å². The quantitative estimate of drug-likeness (QED) is 0.904. The van der Waals surface area contributed by atoms with E-state index in [1.807, 2.05) is 13.8 Å². The van der Waals surface area contributed by atoms with Crippen molar-refractivity contribution in [2.24, 2.45) is 0 Å². The zero-order chi connectivity index (χ0) is 16.7. The lowest BCUT2D eigenvalue weighted by atomic mass is 10.1. The average molecular weight is 302 g/mol. The summed E-state index contributed by atoms with van der Waals surface area (Å²) < 4.78 is 0. The Labute approximate surface area is 128 Å². The fourth-order valence-electron chi connectivity index (χ4n) is 1.92. The van der Waals surface area contributed by atoms with Crippen LogP contribution in [-0.2, 0) is 6.42 Å². The van der Waals surface area contributed by atoms with Crippen molar-refractivity contribution in [1.29, 1.82) is 0 Å². The maximum Gasteiger partial charge on any atom is 0.336 e. The van der Waals surface area contributed by atoms with Crippen LogP contribution in [0, 0.1) is 13.8 Å². The van der Waals surface area contributed by atoms with Gasteiger partial charge in [0.25, 0.3) is 0 Å². The molecule has 0 fully saturated rings. The van der Waals surface area contributed by atoms with Gasteiger partial charge in [-0.3, -0.25) is 9.97 Å². The van der Waals surface area contributed by atoms with Crippen LogP contribution in [0.5, 0.6) is 0 Å². The number of carboxylic acid groups (broad SMARTS) is 2. The highest BCUT2D eigenvalue weighted by Crippen LogP contribution is 2.12. The summed E-state index contributed by atoms with van der Waals surface area (Å²) in [6.07, 6.45) is 3.72. The van der Waals surface area contributed by atoms with Crippen molar-refractivity contribution in [3.05, 3.63) is 58.7 Å². The highest BCUT2D eigenvalue weighted by Gasteiger charge is 2.10. The molecule has 0 atom stereocenters. The number of rotatable bonds is 3. The molecule has 0 amide bonds. The largest absolute Gasteiger partial charge is 0.478 e. The van der Waals surface area contributed by atoms with Crippen molar-refractivity contribution in [2.75, 3.05) is 0 Å². The molecular formula is C16H18N2O4. The molecule has 0 saturated carbocycles. The number of hydrogen-bond acceptors (Lipinski definition) is 4. The molecule has 6 nitrogen and oxygen atoms in total. The third kappa shape index (κ3) is 4.66. The first-order valence-corrected chi connectivity index (χ1v) is 6.70. The molecule has 116 valence electrons. The SMILES string of the molecule is CCc1c(C(=O)O)ccnc1C.Cc1cc(C(=O)O)ccn1. The Morgan fingerprint density at radius 2 is 1.68 bits per heavy atom. The van der Waals surface area contributed by atoms with E-state index in [2.05, 4.69) is 9.97 Å². The smallest absolute Gasteiger partial charge is 0.336 e. The fourth-order valence-corrected chi connectivity index (χ4v) is 1.92. The summed E-state index contributed by atoms with van der Waals surface area (Å²) in [7, 11) is 0. The van der Waals surface area contributed by atoms with Crippen molar-refractivity contribution in [1.82, 2.24) is 9.97 Å². The van der Waals surface area contributed by atoms with Gasteiger partial charge >= 0.3 is 11.9 Å². The predicted octanol–water partition coefficient (Wildman–Crippen LogP) is 2.74. The van der Waals surface area contributed by atoms with Gasteiger partial charge in [-0.2, -0.15) is 0 Å². The Balaban J connectivity index is 0.000000224. The minimum absolute atomic E-state index is 0.285. The van der Waals surface area contributed by atoms with Gasteiger partial charge < -0.3 is 10.2 Å². The summed E-state index contributed by atoms with van der Waals surface area (Å²) in [5.41, 5.74) is 3.00. The Bertz CT molecular complexity index is 684. The van der Waals surface area contributed by atoms with Crippen molar-refractivity contribution < 1.29 is 19.8 Å². The number of nitrogens with zero attached hydrogens (tertiary/aromatic N) is 2. The third-order valence-electron chi connectivity index (χ3n) is 3.00. The molecule has 22 heavy (non-hydrogen) atoms. The van der Waals surface area contributed by atoms with Crippen LogP contribution in [0.1, 0.15) is 44.6 Å². The van der Waals surface area contributed by atoms with E-state index in [0.29, 0.717) is 12.0 Å². The van der Waals surface area contributed by atoms with Gasteiger partial charge in [-0.15, -0.1) is 0 Å². The molecule has 0 aliphatic heterocycles. The highest BCUT2D eigenvalue weighted by atomic mass is 16.4. The summed E-state index contributed by atoms with van der Waals surface area (Å²) in [5.74, 6) is -1.79. The average Bonchev–Trinajstić information content (AvgIpc) is 2.47. The van der Waals surface area contributed by atoms with Crippen LogP contribution >= 0.6 is 0 Å². The first-order chi connectivity index (χ1) is 10.4. The van der Waals surface area contributed by atoms with E-state index in [-0.39, 0.29) is 5.56 Å². The molecule has 2 rings (SSSR count). The standard InChI is InChI=1S/C9H11NO2.C7H7NO2/c1-3-7-6(2)10-5-4-8(7)9(11)12;1-5-4-6(7(9)10)2-3-8-5/h4-5H,3H2,1-2H3,(H,11,12);2-4H,1H3,(H,9,10). The second-order valence-corrected chi connectivity index (χ2v) is 4.57. The second kappa shape index (κ2) is 7.87. The molecule has 0 bridgehead atoms. The summed E-state index contributed by atoms with van der Waals surface area (Å²) >= 11 is 0. The summed E-state index contributed by atoms with van der Waals surface area (Å²) in [6, 6.07) is 4.53. The molecule has 0 radical (unpaired) electrons. The maximum atomic E-state index is 10.7. The molecule has 2 N–H and O–H groups in total. The Hall–Kier alpha value is -2.76. The lowest BCUT2D eigenvalue weighted by Crippen LogP contribution is -2.04. The molecule has 0 aliphatic carbocycles. The van der Waals surface area contributed by atoms with Gasteiger partial charge in [0.15, 0.2) is 0 Å². The van der Waals surface area contributed by atoms with Gasteiger partial charge in [-0.25, -0.2) is 9.59 Å². The van der Waals surface area contributed by atoms with Crippen molar-refractivity contribution in [3.63, 3.8) is 0 Å². The van der Waals surface area contributed by atoms with Crippen LogP contribution < -0.4 is 0 Å². The van der Waals surface area contributed by atoms with Gasteiger partial charge in [-0.05, 0) is 44.0 Å². The van der Waals surface area contributed by atoms with Crippen LogP contribution in [0.25, 0.3) is 0 Å². The first-order valence-electron chi connectivity index (χ1n) is 6.70. The number of carboxylic acids is 2.